The number of hydrogen-bond acceptors (Lipinski definition) is 5. The first-order chi connectivity index (χ1) is 15.5. The number of hydrogen-bond donors (Lipinski definition) is 2. The van der Waals surface area contributed by atoms with E-state index in [4.69, 9.17) is 14.2 Å². The number of aromatic nitrogens is 2. The highest BCUT2D eigenvalue weighted by atomic mass is 16.5. The Hall–Kier alpha value is -4.00. The third-order valence-electron chi connectivity index (χ3n) is 5.34. The number of amides is 1. The second kappa shape index (κ2) is 9.01. The molecule has 7 heteroatoms. The molecule has 2 aromatic heterocycles. The Labute approximate surface area is 186 Å². The summed E-state index contributed by atoms with van der Waals surface area (Å²) in [6.07, 6.45) is 3.78. The molecule has 1 amide bonds. The predicted octanol–water partition coefficient (Wildman–Crippen LogP) is 4.56. The molecule has 4 rings (SSSR count). The molecule has 7 nitrogen and oxygen atoms in total. The van der Waals surface area contributed by atoms with Gasteiger partial charge < -0.3 is 24.5 Å². The van der Waals surface area contributed by atoms with Gasteiger partial charge >= 0.3 is 0 Å². The summed E-state index contributed by atoms with van der Waals surface area (Å²) in [4.78, 5) is 19.0. The molecule has 4 aromatic rings. The summed E-state index contributed by atoms with van der Waals surface area (Å²) in [5, 5.41) is 3.82. The van der Waals surface area contributed by atoms with Gasteiger partial charge in [-0.1, -0.05) is 24.3 Å². The Kier molecular flexibility index (Phi) is 5.98. The van der Waals surface area contributed by atoms with Gasteiger partial charge in [0.05, 0.1) is 21.3 Å². The van der Waals surface area contributed by atoms with E-state index in [9.17, 15) is 4.79 Å². The molecular weight excluding hydrogens is 406 g/mol. The van der Waals surface area contributed by atoms with Gasteiger partial charge in [-0.3, -0.25) is 4.79 Å². The number of H-pyrrole nitrogens is 1. The summed E-state index contributed by atoms with van der Waals surface area (Å²) < 4.78 is 16.4. The number of fused-ring (bicyclic) bond motifs is 1. The molecule has 0 unspecified atom stereocenters. The number of aromatic amines is 1. The molecule has 2 heterocycles. The zero-order chi connectivity index (χ0) is 22.7. The minimum Gasteiger partial charge on any atom is -0.493 e. The lowest BCUT2D eigenvalue weighted by molar-refractivity contribution is -0.119. The second-order valence-electron chi connectivity index (χ2n) is 7.34. The Morgan fingerprint density at radius 1 is 0.938 bits per heavy atom. The van der Waals surface area contributed by atoms with E-state index in [0.29, 0.717) is 23.8 Å². The van der Waals surface area contributed by atoms with Gasteiger partial charge in [-0.2, -0.15) is 0 Å². The van der Waals surface area contributed by atoms with E-state index in [0.717, 1.165) is 38.9 Å². The Balaban J connectivity index is 1.73. The van der Waals surface area contributed by atoms with E-state index in [2.05, 4.69) is 21.4 Å². The molecule has 0 fully saturated rings. The summed E-state index contributed by atoms with van der Waals surface area (Å²) in [6, 6.07) is 14.0. The molecule has 32 heavy (non-hydrogen) atoms. The maximum atomic E-state index is 11.1. The zero-order valence-corrected chi connectivity index (χ0v) is 18.5. The number of benzene rings is 2. The van der Waals surface area contributed by atoms with Crippen molar-refractivity contribution >= 4 is 16.9 Å². The van der Waals surface area contributed by atoms with Gasteiger partial charge in [-0.25, -0.2) is 4.98 Å². The molecular formula is C25H25N3O4. The van der Waals surface area contributed by atoms with Crippen molar-refractivity contribution < 1.29 is 19.0 Å². The molecule has 0 aliphatic heterocycles. The third-order valence-corrected chi connectivity index (χ3v) is 5.34. The molecule has 2 N–H and O–H groups in total. The van der Waals surface area contributed by atoms with E-state index in [1.807, 2.05) is 48.8 Å². The number of rotatable bonds is 7. The lowest BCUT2D eigenvalue weighted by atomic mass is 10.0. The summed E-state index contributed by atoms with van der Waals surface area (Å²) in [5.41, 5.74) is 5.80. The highest BCUT2D eigenvalue weighted by Gasteiger charge is 2.16. The van der Waals surface area contributed by atoms with Gasteiger partial charge in [0, 0.05) is 42.4 Å². The van der Waals surface area contributed by atoms with Crippen LogP contribution in [0.1, 0.15) is 12.5 Å². The Morgan fingerprint density at radius 3 is 2.22 bits per heavy atom. The second-order valence-corrected chi connectivity index (χ2v) is 7.34. The number of nitrogens with zero attached hydrogens (tertiary/aromatic N) is 1. The van der Waals surface area contributed by atoms with Crippen LogP contribution < -0.4 is 19.5 Å². The molecule has 2 aromatic carbocycles. The van der Waals surface area contributed by atoms with E-state index < -0.39 is 0 Å². The van der Waals surface area contributed by atoms with Gasteiger partial charge in [0.1, 0.15) is 5.65 Å². The first-order valence-corrected chi connectivity index (χ1v) is 10.1. The van der Waals surface area contributed by atoms with E-state index in [1.165, 1.54) is 6.92 Å². The minimum absolute atomic E-state index is 0.0453. The molecule has 0 bridgehead atoms. The van der Waals surface area contributed by atoms with Crippen LogP contribution in [-0.2, 0) is 11.3 Å². The molecule has 164 valence electrons. The lowest BCUT2D eigenvalue weighted by Gasteiger charge is -2.14. The highest BCUT2D eigenvalue weighted by molar-refractivity contribution is 5.96. The van der Waals surface area contributed by atoms with Crippen LogP contribution in [0.15, 0.2) is 54.9 Å². The first-order valence-electron chi connectivity index (χ1n) is 10.1. The molecule has 0 spiro atoms. The summed E-state index contributed by atoms with van der Waals surface area (Å²) in [5.74, 6) is 1.68. The number of carbonyl (C=O) groups excluding carboxylic acids is 1. The molecule has 0 radical (unpaired) electrons. The van der Waals surface area contributed by atoms with Crippen LogP contribution in [0, 0.1) is 0 Å². The summed E-state index contributed by atoms with van der Waals surface area (Å²) in [6.45, 7) is 2.02. The molecule has 0 aliphatic carbocycles. The lowest BCUT2D eigenvalue weighted by Crippen LogP contribution is -2.18. The SMILES string of the molecule is COc1cc(-c2cnc3[nH]cc(-c4ccc(CNC(C)=O)cc4)c3c2)cc(OC)c1OC. The number of carbonyl (C=O) groups is 1. The van der Waals surface area contributed by atoms with Crippen molar-refractivity contribution in [3.8, 4) is 39.5 Å². The van der Waals surface area contributed by atoms with Gasteiger partial charge in [0.15, 0.2) is 11.5 Å². The van der Waals surface area contributed by atoms with Gasteiger partial charge in [0.2, 0.25) is 11.7 Å². The Morgan fingerprint density at radius 2 is 1.62 bits per heavy atom. The zero-order valence-electron chi connectivity index (χ0n) is 18.5. The van der Waals surface area contributed by atoms with E-state index in [1.54, 1.807) is 21.3 Å². The summed E-state index contributed by atoms with van der Waals surface area (Å²) in [7, 11) is 4.78. The van der Waals surface area contributed by atoms with Crippen molar-refractivity contribution in [3.63, 3.8) is 0 Å². The smallest absolute Gasteiger partial charge is 0.217 e. The third kappa shape index (κ3) is 4.09. The van der Waals surface area contributed by atoms with Crippen LogP contribution in [0.5, 0.6) is 17.2 Å². The van der Waals surface area contributed by atoms with Crippen molar-refractivity contribution in [2.24, 2.45) is 0 Å². The minimum atomic E-state index is -0.0453. The van der Waals surface area contributed by atoms with Crippen LogP contribution in [0.4, 0.5) is 0 Å². The van der Waals surface area contributed by atoms with Crippen LogP contribution in [0.25, 0.3) is 33.3 Å². The topological polar surface area (TPSA) is 85.5 Å². The van der Waals surface area contributed by atoms with Crippen molar-refractivity contribution in [2.45, 2.75) is 13.5 Å². The number of methoxy groups -OCH3 is 3. The van der Waals surface area contributed by atoms with Crippen LogP contribution in [0.2, 0.25) is 0 Å². The fourth-order valence-corrected chi connectivity index (χ4v) is 3.68. The molecule has 0 aliphatic rings. The first kappa shape index (κ1) is 21.2. The van der Waals surface area contributed by atoms with Crippen LogP contribution >= 0.6 is 0 Å². The molecule has 0 saturated carbocycles. The Bertz CT molecular complexity index is 1240. The standard InChI is InChI=1S/C25H25N3O4/c1-15(29)26-12-16-5-7-17(8-6-16)21-14-28-25-20(21)9-19(13-27-25)18-10-22(30-2)24(32-4)23(11-18)31-3/h5-11,13-14H,12H2,1-4H3,(H,26,29)(H,27,28). The van der Waals surface area contributed by atoms with Gasteiger partial charge in [-0.05, 0) is 34.9 Å². The molecule has 0 saturated heterocycles. The van der Waals surface area contributed by atoms with E-state index in [-0.39, 0.29) is 5.91 Å². The fraction of sp³-hybridized carbons (Fsp3) is 0.200. The summed E-state index contributed by atoms with van der Waals surface area (Å²) >= 11 is 0. The normalized spacial score (nSPS) is 10.8. The van der Waals surface area contributed by atoms with Gasteiger partial charge in [-0.15, -0.1) is 0 Å². The number of pyridine rings is 1. The fourth-order valence-electron chi connectivity index (χ4n) is 3.68. The molecule has 0 atom stereocenters. The van der Waals surface area contributed by atoms with Crippen molar-refractivity contribution in [1.29, 1.82) is 0 Å². The maximum Gasteiger partial charge on any atom is 0.217 e. The van der Waals surface area contributed by atoms with Crippen LogP contribution in [-0.4, -0.2) is 37.2 Å². The maximum absolute atomic E-state index is 11.1. The average molecular weight is 431 g/mol. The largest absolute Gasteiger partial charge is 0.493 e. The van der Waals surface area contributed by atoms with Crippen molar-refractivity contribution in [1.82, 2.24) is 15.3 Å². The average Bonchev–Trinajstić information content (AvgIpc) is 3.25. The highest BCUT2D eigenvalue weighted by Crippen LogP contribution is 2.41. The van der Waals surface area contributed by atoms with Gasteiger partial charge in [0.25, 0.3) is 0 Å². The number of ether oxygens (including phenoxy) is 3. The van der Waals surface area contributed by atoms with Crippen LogP contribution in [0.3, 0.4) is 0 Å². The number of nitrogens with one attached hydrogen (secondary N) is 2. The van der Waals surface area contributed by atoms with Crippen molar-refractivity contribution in [2.75, 3.05) is 21.3 Å². The van der Waals surface area contributed by atoms with E-state index >= 15 is 0 Å². The monoisotopic (exact) mass is 431 g/mol. The quantitative estimate of drug-likeness (QED) is 0.448. The predicted molar refractivity (Wildman–Crippen MR) is 124 cm³/mol. The van der Waals surface area contributed by atoms with Crippen molar-refractivity contribution in [3.05, 3.63) is 60.4 Å².